The number of carbonyl (C=O) groups is 3. The third kappa shape index (κ3) is 6.04. The van der Waals surface area contributed by atoms with Gasteiger partial charge in [-0.2, -0.15) is 0 Å². The van der Waals surface area contributed by atoms with Gasteiger partial charge in [0.05, 0.1) is 12.5 Å². The van der Waals surface area contributed by atoms with Crippen molar-refractivity contribution in [2.75, 3.05) is 6.54 Å². The first-order valence-electron chi connectivity index (χ1n) is 7.29. The van der Waals surface area contributed by atoms with E-state index in [1.165, 1.54) is 0 Å². The van der Waals surface area contributed by atoms with Crippen LogP contribution in [0.1, 0.15) is 51.4 Å². The van der Waals surface area contributed by atoms with Crippen LogP contribution < -0.4 is 11.1 Å². The molecular formula is C14H24N2O4. The number of carboxylic acid groups (broad SMARTS) is 1. The van der Waals surface area contributed by atoms with Crippen molar-refractivity contribution in [2.24, 2.45) is 17.6 Å². The van der Waals surface area contributed by atoms with E-state index < -0.39 is 11.9 Å². The highest BCUT2D eigenvalue weighted by molar-refractivity contribution is 5.85. The number of aliphatic carboxylic acids is 1. The monoisotopic (exact) mass is 284 g/mol. The first-order chi connectivity index (χ1) is 9.50. The van der Waals surface area contributed by atoms with E-state index in [0.717, 1.165) is 51.4 Å². The molecule has 2 amide bonds. The van der Waals surface area contributed by atoms with Crippen LogP contribution in [-0.4, -0.2) is 29.4 Å². The molecule has 0 radical (unpaired) electrons. The fourth-order valence-electron chi connectivity index (χ4n) is 2.68. The zero-order chi connectivity index (χ0) is 15.0. The lowest BCUT2D eigenvalue weighted by Gasteiger charge is -2.07. The van der Waals surface area contributed by atoms with E-state index in [0.29, 0.717) is 0 Å². The van der Waals surface area contributed by atoms with Crippen molar-refractivity contribution < 1.29 is 19.5 Å². The third-order valence-electron chi connectivity index (χ3n) is 3.87. The quantitative estimate of drug-likeness (QED) is 0.716. The van der Waals surface area contributed by atoms with E-state index in [1.807, 2.05) is 0 Å². The molecule has 0 aromatic carbocycles. The topological polar surface area (TPSA) is 109 Å². The van der Waals surface area contributed by atoms with Crippen LogP contribution in [0.3, 0.4) is 0 Å². The van der Waals surface area contributed by atoms with Gasteiger partial charge in [-0.3, -0.25) is 14.4 Å². The molecule has 0 unspecified atom stereocenters. The molecule has 0 bridgehead atoms. The number of hydrogen-bond donors (Lipinski definition) is 3. The maximum atomic E-state index is 11.2. The number of carboxylic acids is 1. The molecule has 6 heteroatoms. The Labute approximate surface area is 119 Å². The summed E-state index contributed by atoms with van der Waals surface area (Å²) < 4.78 is 0. The fourth-order valence-corrected chi connectivity index (χ4v) is 2.68. The summed E-state index contributed by atoms with van der Waals surface area (Å²) in [6, 6.07) is 0. The Morgan fingerprint density at radius 3 is 1.75 bits per heavy atom. The standard InChI is InChI=1S/C8H14N2O2.C6H10O2/c9-7(11)5-10-8(12)6-3-1-2-4-6;7-6(8)5-3-1-2-4-5/h6H,1-5H2,(H2,9,11)(H,10,12);5H,1-4H2,(H,7,8). The molecule has 0 aromatic heterocycles. The van der Waals surface area contributed by atoms with Gasteiger partial charge in [-0.15, -0.1) is 0 Å². The van der Waals surface area contributed by atoms with Gasteiger partial charge in [0, 0.05) is 5.92 Å². The highest BCUT2D eigenvalue weighted by atomic mass is 16.4. The Kier molecular flexibility index (Phi) is 7.04. The molecule has 2 rings (SSSR count). The molecule has 0 aromatic rings. The minimum absolute atomic E-state index is 0.0185. The van der Waals surface area contributed by atoms with E-state index in [2.05, 4.69) is 5.32 Å². The van der Waals surface area contributed by atoms with Crippen LogP contribution in [-0.2, 0) is 14.4 Å². The van der Waals surface area contributed by atoms with Crippen molar-refractivity contribution in [3.63, 3.8) is 0 Å². The average molecular weight is 284 g/mol. The Morgan fingerprint density at radius 1 is 0.950 bits per heavy atom. The zero-order valence-electron chi connectivity index (χ0n) is 11.8. The number of nitrogens with one attached hydrogen (secondary N) is 1. The minimum atomic E-state index is -0.609. The molecule has 2 aliphatic carbocycles. The lowest BCUT2D eigenvalue weighted by molar-refractivity contribution is -0.141. The third-order valence-corrected chi connectivity index (χ3v) is 3.87. The van der Waals surface area contributed by atoms with Gasteiger partial charge in [0.1, 0.15) is 0 Å². The first kappa shape index (κ1) is 16.5. The molecular weight excluding hydrogens is 260 g/mol. The van der Waals surface area contributed by atoms with Gasteiger partial charge in [0.25, 0.3) is 0 Å². The Bertz CT molecular complexity index is 345. The number of amides is 2. The van der Waals surface area contributed by atoms with E-state index in [-0.39, 0.29) is 24.3 Å². The Hall–Kier alpha value is -1.59. The van der Waals surface area contributed by atoms with Crippen molar-refractivity contribution >= 4 is 17.8 Å². The van der Waals surface area contributed by atoms with Crippen LogP contribution in [0, 0.1) is 11.8 Å². The van der Waals surface area contributed by atoms with Crippen LogP contribution in [0.4, 0.5) is 0 Å². The van der Waals surface area contributed by atoms with Crippen LogP contribution in [0.25, 0.3) is 0 Å². The van der Waals surface area contributed by atoms with Crippen LogP contribution in [0.2, 0.25) is 0 Å². The molecule has 6 nitrogen and oxygen atoms in total. The second kappa shape index (κ2) is 8.55. The second-order valence-electron chi connectivity index (χ2n) is 5.49. The molecule has 0 heterocycles. The summed E-state index contributed by atoms with van der Waals surface area (Å²) in [5, 5.41) is 10.9. The van der Waals surface area contributed by atoms with Gasteiger partial charge < -0.3 is 16.2 Å². The smallest absolute Gasteiger partial charge is 0.306 e. The van der Waals surface area contributed by atoms with Crippen molar-refractivity contribution in [3.8, 4) is 0 Å². The largest absolute Gasteiger partial charge is 0.481 e. The van der Waals surface area contributed by atoms with Gasteiger partial charge in [-0.1, -0.05) is 25.7 Å². The maximum Gasteiger partial charge on any atom is 0.306 e. The molecule has 2 aliphatic rings. The van der Waals surface area contributed by atoms with Crippen LogP contribution in [0.5, 0.6) is 0 Å². The van der Waals surface area contributed by atoms with Crippen molar-refractivity contribution in [1.82, 2.24) is 5.32 Å². The molecule has 0 atom stereocenters. The first-order valence-corrected chi connectivity index (χ1v) is 7.29. The summed E-state index contributed by atoms with van der Waals surface area (Å²) in [5.74, 6) is -1.02. The molecule has 2 saturated carbocycles. The molecule has 0 saturated heterocycles. The molecule has 114 valence electrons. The summed E-state index contributed by atoms with van der Waals surface area (Å²) in [5.41, 5.74) is 4.89. The fraction of sp³-hybridized carbons (Fsp3) is 0.786. The predicted molar refractivity (Wildman–Crippen MR) is 73.8 cm³/mol. The van der Waals surface area contributed by atoms with Gasteiger partial charge in [-0.25, -0.2) is 0 Å². The zero-order valence-corrected chi connectivity index (χ0v) is 11.8. The van der Waals surface area contributed by atoms with Gasteiger partial charge in [0.15, 0.2) is 0 Å². The van der Waals surface area contributed by atoms with Gasteiger partial charge >= 0.3 is 5.97 Å². The lowest BCUT2D eigenvalue weighted by atomic mass is 10.1. The normalized spacial score (nSPS) is 19.2. The van der Waals surface area contributed by atoms with Gasteiger partial charge in [0.2, 0.25) is 11.8 Å². The Balaban J connectivity index is 0.000000217. The van der Waals surface area contributed by atoms with Crippen molar-refractivity contribution in [1.29, 1.82) is 0 Å². The minimum Gasteiger partial charge on any atom is -0.481 e. The van der Waals surface area contributed by atoms with Crippen molar-refractivity contribution in [3.05, 3.63) is 0 Å². The number of rotatable bonds is 4. The van der Waals surface area contributed by atoms with E-state index in [9.17, 15) is 14.4 Å². The maximum absolute atomic E-state index is 11.2. The van der Waals surface area contributed by atoms with E-state index in [1.54, 1.807) is 0 Å². The summed E-state index contributed by atoms with van der Waals surface area (Å²) in [4.78, 5) is 31.8. The Morgan fingerprint density at radius 2 is 1.40 bits per heavy atom. The molecule has 4 N–H and O–H groups in total. The van der Waals surface area contributed by atoms with Crippen molar-refractivity contribution in [2.45, 2.75) is 51.4 Å². The van der Waals surface area contributed by atoms with Crippen LogP contribution >= 0.6 is 0 Å². The summed E-state index contributed by atoms with van der Waals surface area (Å²) >= 11 is 0. The summed E-state index contributed by atoms with van der Waals surface area (Å²) in [7, 11) is 0. The SMILES string of the molecule is NC(=O)CNC(=O)C1CCCC1.O=C(O)C1CCCC1. The van der Waals surface area contributed by atoms with Crippen LogP contribution in [0.15, 0.2) is 0 Å². The molecule has 0 spiro atoms. The highest BCUT2D eigenvalue weighted by Crippen LogP contribution is 2.24. The number of nitrogens with two attached hydrogens (primary N) is 1. The summed E-state index contributed by atoms with van der Waals surface area (Å²) in [6.07, 6.45) is 8.15. The molecule has 2 fully saturated rings. The predicted octanol–water partition coefficient (Wildman–Crippen LogP) is 1.04. The highest BCUT2D eigenvalue weighted by Gasteiger charge is 2.22. The summed E-state index contributed by atoms with van der Waals surface area (Å²) in [6.45, 7) is -0.0324. The lowest BCUT2D eigenvalue weighted by Crippen LogP contribution is -2.36. The number of carbonyl (C=O) groups excluding carboxylic acids is 2. The van der Waals surface area contributed by atoms with Gasteiger partial charge in [-0.05, 0) is 25.7 Å². The number of primary amides is 1. The van der Waals surface area contributed by atoms with E-state index >= 15 is 0 Å². The number of hydrogen-bond acceptors (Lipinski definition) is 3. The van der Waals surface area contributed by atoms with E-state index in [4.69, 9.17) is 10.8 Å². The second-order valence-corrected chi connectivity index (χ2v) is 5.49. The average Bonchev–Trinajstić information content (AvgIpc) is 3.08. The molecule has 0 aliphatic heterocycles. The molecule has 20 heavy (non-hydrogen) atoms.